The van der Waals surface area contributed by atoms with Crippen molar-refractivity contribution in [3.05, 3.63) is 58.7 Å². The molecule has 1 saturated carbocycles. The lowest BCUT2D eigenvalue weighted by Crippen LogP contribution is -2.29. The van der Waals surface area contributed by atoms with Crippen LogP contribution in [0.15, 0.2) is 30.3 Å². The van der Waals surface area contributed by atoms with Gasteiger partial charge in [0.05, 0.1) is 17.9 Å². The number of amides is 1. The molecular formula is C23H25F6N3O3S. The van der Waals surface area contributed by atoms with Crippen LogP contribution in [0.3, 0.4) is 0 Å². The van der Waals surface area contributed by atoms with E-state index in [1.54, 1.807) is 0 Å². The summed E-state index contributed by atoms with van der Waals surface area (Å²) in [6, 6.07) is 5.49. The lowest BCUT2D eigenvalue weighted by atomic mass is 9.83. The maximum Gasteiger partial charge on any atom is 0.433 e. The van der Waals surface area contributed by atoms with Gasteiger partial charge in [-0.15, -0.1) is 0 Å². The molecule has 0 radical (unpaired) electrons. The Hall–Kier alpha value is -2.83. The predicted octanol–water partition coefficient (Wildman–Crippen LogP) is 5.32. The largest absolute Gasteiger partial charge is 0.433 e. The topological polar surface area (TPSA) is 88.2 Å². The third-order valence-electron chi connectivity index (χ3n) is 6.04. The zero-order chi connectivity index (χ0) is 26.9. The van der Waals surface area contributed by atoms with E-state index in [1.165, 1.54) is 25.1 Å². The SMILES string of the molecule is CC(C(=O)NCc1ccc(C(F)(F)F)nc1C1CCC(F)(F)CC1)c1ccc(NS(C)(=O)=O)c(F)c1. The number of halogens is 6. The van der Waals surface area contributed by atoms with Crippen molar-refractivity contribution in [2.75, 3.05) is 11.0 Å². The highest BCUT2D eigenvalue weighted by Crippen LogP contribution is 2.42. The lowest BCUT2D eigenvalue weighted by molar-refractivity contribution is -0.141. The van der Waals surface area contributed by atoms with Crippen molar-refractivity contribution >= 4 is 21.6 Å². The Morgan fingerprint density at radius 1 is 1.17 bits per heavy atom. The monoisotopic (exact) mass is 537 g/mol. The van der Waals surface area contributed by atoms with Crippen molar-refractivity contribution in [3.63, 3.8) is 0 Å². The molecule has 2 N–H and O–H groups in total. The smallest absolute Gasteiger partial charge is 0.351 e. The summed E-state index contributed by atoms with van der Waals surface area (Å²) in [7, 11) is -3.71. The molecule has 0 bridgehead atoms. The second-order valence-electron chi connectivity index (χ2n) is 8.92. The number of benzene rings is 1. The van der Waals surface area contributed by atoms with E-state index < -0.39 is 64.2 Å². The van der Waals surface area contributed by atoms with Crippen molar-refractivity contribution < 1.29 is 39.6 Å². The summed E-state index contributed by atoms with van der Waals surface area (Å²) >= 11 is 0. The fraction of sp³-hybridized carbons (Fsp3) is 0.478. The van der Waals surface area contributed by atoms with E-state index >= 15 is 0 Å². The Bertz CT molecular complexity index is 1220. The van der Waals surface area contributed by atoms with E-state index in [0.717, 1.165) is 18.4 Å². The van der Waals surface area contributed by atoms with Crippen LogP contribution in [0.5, 0.6) is 0 Å². The molecule has 1 atom stereocenters. The zero-order valence-corrected chi connectivity index (χ0v) is 20.2. The average molecular weight is 538 g/mol. The minimum absolute atomic E-state index is 0.0236. The number of carbonyl (C=O) groups excluding carboxylic acids is 1. The molecule has 3 rings (SSSR count). The van der Waals surface area contributed by atoms with Gasteiger partial charge in [0.1, 0.15) is 11.5 Å². The van der Waals surface area contributed by atoms with E-state index in [-0.39, 0.29) is 41.9 Å². The van der Waals surface area contributed by atoms with Gasteiger partial charge < -0.3 is 5.32 Å². The number of sulfonamides is 1. The van der Waals surface area contributed by atoms with Crippen molar-refractivity contribution in [1.82, 2.24) is 10.3 Å². The van der Waals surface area contributed by atoms with Crippen LogP contribution in [0.1, 0.15) is 67.0 Å². The fourth-order valence-electron chi connectivity index (χ4n) is 4.05. The van der Waals surface area contributed by atoms with Gasteiger partial charge in [0.25, 0.3) is 0 Å². The van der Waals surface area contributed by atoms with Crippen LogP contribution in [-0.2, 0) is 27.5 Å². The lowest BCUT2D eigenvalue weighted by Gasteiger charge is -2.29. The van der Waals surface area contributed by atoms with Gasteiger partial charge in [-0.25, -0.2) is 26.6 Å². The first kappa shape index (κ1) is 27.8. The molecule has 1 aromatic heterocycles. The number of pyridine rings is 1. The normalized spacial score (nSPS) is 17.4. The molecule has 2 aromatic rings. The van der Waals surface area contributed by atoms with Gasteiger partial charge in [-0.2, -0.15) is 13.2 Å². The molecule has 1 heterocycles. The molecule has 0 saturated heterocycles. The third kappa shape index (κ3) is 7.11. The molecule has 36 heavy (non-hydrogen) atoms. The van der Waals surface area contributed by atoms with Crippen LogP contribution in [0.25, 0.3) is 0 Å². The molecular weight excluding hydrogens is 512 g/mol. The number of carbonyl (C=O) groups is 1. The number of rotatable bonds is 7. The number of aromatic nitrogens is 1. The summed E-state index contributed by atoms with van der Waals surface area (Å²) in [4.78, 5) is 16.4. The summed E-state index contributed by atoms with van der Waals surface area (Å²) in [6.45, 7) is 1.27. The Kier molecular flexibility index (Phi) is 7.92. The van der Waals surface area contributed by atoms with Gasteiger partial charge in [0.15, 0.2) is 0 Å². The van der Waals surface area contributed by atoms with E-state index in [9.17, 15) is 39.6 Å². The van der Waals surface area contributed by atoms with E-state index in [0.29, 0.717) is 0 Å². The van der Waals surface area contributed by atoms with Gasteiger partial charge in [-0.05, 0) is 49.1 Å². The van der Waals surface area contributed by atoms with Crippen molar-refractivity contribution in [2.45, 2.75) is 63.1 Å². The standard InChI is InChI=1S/C23H25F6N3O3S/c1-13(15-3-5-18(17(24)11-15)32-36(2,34)35)21(33)30-12-16-4-6-19(23(27,28)29)31-20(16)14-7-9-22(25,26)10-8-14/h3-6,11,13-14,32H,7-10,12H2,1-2H3,(H,30,33). The number of hydrogen-bond donors (Lipinski definition) is 2. The number of nitrogens with one attached hydrogen (secondary N) is 2. The maximum atomic E-state index is 14.3. The molecule has 1 aliphatic carbocycles. The number of nitrogens with zero attached hydrogens (tertiary/aromatic N) is 1. The third-order valence-corrected chi connectivity index (χ3v) is 6.63. The summed E-state index contributed by atoms with van der Waals surface area (Å²) in [5.41, 5.74) is -0.888. The van der Waals surface area contributed by atoms with Crippen LogP contribution in [0.4, 0.5) is 32.0 Å². The highest BCUT2D eigenvalue weighted by Gasteiger charge is 2.38. The first-order valence-corrected chi connectivity index (χ1v) is 12.9. The van der Waals surface area contributed by atoms with Gasteiger partial charge >= 0.3 is 6.18 Å². The highest BCUT2D eigenvalue weighted by atomic mass is 32.2. The van der Waals surface area contributed by atoms with Crippen molar-refractivity contribution in [3.8, 4) is 0 Å². The molecule has 1 amide bonds. The molecule has 0 aliphatic heterocycles. The van der Waals surface area contributed by atoms with Gasteiger partial charge in [0.2, 0.25) is 21.9 Å². The molecule has 1 unspecified atom stereocenters. The molecule has 0 spiro atoms. The van der Waals surface area contributed by atoms with Crippen LogP contribution in [-0.4, -0.2) is 31.5 Å². The minimum Gasteiger partial charge on any atom is -0.351 e. The Balaban J connectivity index is 1.76. The van der Waals surface area contributed by atoms with Gasteiger partial charge in [-0.3, -0.25) is 9.52 Å². The number of alkyl halides is 5. The quantitative estimate of drug-likeness (QED) is 0.468. The molecule has 6 nitrogen and oxygen atoms in total. The van der Waals surface area contributed by atoms with Crippen LogP contribution >= 0.6 is 0 Å². The number of anilines is 1. The fourth-order valence-corrected chi connectivity index (χ4v) is 4.61. The second kappa shape index (κ2) is 10.3. The van der Waals surface area contributed by atoms with E-state index in [2.05, 4.69) is 10.3 Å². The number of hydrogen-bond acceptors (Lipinski definition) is 4. The second-order valence-corrected chi connectivity index (χ2v) is 10.7. The Morgan fingerprint density at radius 3 is 2.36 bits per heavy atom. The first-order valence-electron chi connectivity index (χ1n) is 11.1. The molecule has 1 aromatic carbocycles. The van der Waals surface area contributed by atoms with Crippen LogP contribution in [0.2, 0.25) is 0 Å². The van der Waals surface area contributed by atoms with Crippen molar-refractivity contribution in [1.29, 1.82) is 0 Å². The summed E-state index contributed by atoms with van der Waals surface area (Å²) in [6.07, 6.45) is -4.86. The van der Waals surface area contributed by atoms with Crippen LogP contribution in [0, 0.1) is 5.82 Å². The molecule has 1 aliphatic rings. The average Bonchev–Trinajstić information content (AvgIpc) is 2.77. The van der Waals surface area contributed by atoms with Gasteiger partial charge in [0, 0.05) is 31.0 Å². The zero-order valence-electron chi connectivity index (χ0n) is 19.4. The Morgan fingerprint density at radius 2 is 1.81 bits per heavy atom. The first-order chi connectivity index (χ1) is 16.6. The summed E-state index contributed by atoms with van der Waals surface area (Å²) < 4.78 is 106. The van der Waals surface area contributed by atoms with Gasteiger partial charge in [-0.1, -0.05) is 12.1 Å². The highest BCUT2D eigenvalue weighted by molar-refractivity contribution is 7.92. The molecule has 13 heteroatoms. The van der Waals surface area contributed by atoms with E-state index in [1.807, 2.05) is 4.72 Å². The van der Waals surface area contributed by atoms with Crippen molar-refractivity contribution in [2.24, 2.45) is 0 Å². The van der Waals surface area contributed by atoms with E-state index in [4.69, 9.17) is 0 Å². The van der Waals surface area contributed by atoms with Crippen LogP contribution < -0.4 is 10.0 Å². The summed E-state index contributed by atoms with van der Waals surface area (Å²) in [5.74, 6) is -5.82. The molecule has 1 fully saturated rings. The summed E-state index contributed by atoms with van der Waals surface area (Å²) in [5, 5.41) is 2.58. The Labute approximate surface area is 204 Å². The maximum absolute atomic E-state index is 14.3. The molecule has 198 valence electrons. The minimum atomic E-state index is -4.72. The predicted molar refractivity (Wildman–Crippen MR) is 121 cm³/mol.